The first-order valence-electron chi connectivity index (χ1n) is 8.28. The van der Waals surface area contributed by atoms with Gasteiger partial charge in [-0.25, -0.2) is 0 Å². The lowest BCUT2D eigenvalue weighted by molar-refractivity contribution is -0.289. The van der Waals surface area contributed by atoms with Crippen molar-refractivity contribution in [1.82, 2.24) is 0 Å². The van der Waals surface area contributed by atoms with Crippen LogP contribution in [0.2, 0.25) is 0 Å². The van der Waals surface area contributed by atoms with E-state index >= 15 is 0 Å². The first-order valence-corrected chi connectivity index (χ1v) is 8.28. The topological polar surface area (TPSA) is 114 Å². The first-order chi connectivity index (χ1) is 12.0. The van der Waals surface area contributed by atoms with E-state index in [1.807, 2.05) is 49.4 Å². The second kappa shape index (κ2) is 5.59. The molecular formula is C19H18N4O2. The quantitative estimate of drug-likeness (QED) is 0.911. The molecule has 6 nitrogen and oxygen atoms in total. The minimum atomic E-state index is -1.79. The molecule has 2 heterocycles. The molecule has 2 aliphatic heterocycles. The molecule has 1 aromatic carbocycles. The normalized spacial score (nSPS) is 35.1. The lowest BCUT2D eigenvalue weighted by Crippen LogP contribution is -2.61. The third-order valence-corrected chi connectivity index (χ3v) is 5.50. The van der Waals surface area contributed by atoms with Crippen molar-refractivity contribution in [1.29, 1.82) is 21.2 Å². The molecular weight excluding hydrogens is 316 g/mol. The van der Waals surface area contributed by atoms with Crippen LogP contribution < -0.4 is 0 Å². The van der Waals surface area contributed by atoms with Crippen LogP contribution in [0, 0.1) is 56.2 Å². The molecule has 0 aliphatic carbocycles. The number of benzene rings is 1. The number of hydrogen-bond acceptors (Lipinski definition) is 6. The maximum absolute atomic E-state index is 10.1. The molecule has 0 aromatic heterocycles. The molecule has 0 saturated carbocycles. The Labute approximate surface area is 146 Å². The Balaban J connectivity index is 2.36. The Kier molecular flexibility index (Phi) is 3.79. The van der Waals surface area contributed by atoms with Gasteiger partial charge in [0.2, 0.25) is 11.7 Å². The van der Waals surface area contributed by atoms with Crippen molar-refractivity contribution in [2.45, 2.75) is 38.6 Å². The zero-order valence-electron chi connectivity index (χ0n) is 14.1. The third kappa shape index (κ3) is 1.71. The second-order valence-electron chi connectivity index (χ2n) is 6.39. The van der Waals surface area contributed by atoms with E-state index in [0.29, 0.717) is 18.4 Å². The third-order valence-electron chi connectivity index (χ3n) is 5.50. The number of ether oxygens (including phenoxy) is 2. The SMILES string of the molecule is CCC1OC2(c3ccccc3)OC(=N)C(C#N)(C2CC)C1(C#N)C#N. The summed E-state index contributed by atoms with van der Waals surface area (Å²) >= 11 is 0. The van der Waals surface area contributed by atoms with Crippen molar-refractivity contribution in [2.24, 2.45) is 16.7 Å². The van der Waals surface area contributed by atoms with E-state index in [4.69, 9.17) is 14.9 Å². The highest BCUT2D eigenvalue weighted by Gasteiger charge is 2.79. The number of rotatable bonds is 3. The number of hydrogen-bond donors (Lipinski definition) is 1. The van der Waals surface area contributed by atoms with Gasteiger partial charge < -0.3 is 9.47 Å². The molecule has 4 atom stereocenters. The fraction of sp³-hybridized carbons (Fsp3) is 0.474. The molecule has 2 fully saturated rings. The largest absolute Gasteiger partial charge is 0.443 e. The van der Waals surface area contributed by atoms with Crippen molar-refractivity contribution < 1.29 is 9.47 Å². The van der Waals surface area contributed by atoms with Crippen molar-refractivity contribution in [3.05, 3.63) is 35.9 Å². The van der Waals surface area contributed by atoms with E-state index in [2.05, 4.69) is 6.07 Å². The molecule has 2 saturated heterocycles. The van der Waals surface area contributed by atoms with Gasteiger partial charge in [0, 0.05) is 5.56 Å². The molecule has 3 rings (SSSR count). The molecule has 1 aromatic rings. The average molecular weight is 334 g/mol. The average Bonchev–Trinajstić information content (AvgIpc) is 2.86. The Morgan fingerprint density at radius 2 is 1.68 bits per heavy atom. The van der Waals surface area contributed by atoms with Gasteiger partial charge in [0.1, 0.15) is 0 Å². The Bertz CT molecular complexity index is 818. The minimum absolute atomic E-state index is 0.353. The van der Waals surface area contributed by atoms with Crippen LogP contribution in [-0.2, 0) is 15.3 Å². The highest BCUT2D eigenvalue weighted by molar-refractivity contribution is 5.89. The van der Waals surface area contributed by atoms with Crippen LogP contribution in [0.15, 0.2) is 30.3 Å². The van der Waals surface area contributed by atoms with Crippen molar-refractivity contribution in [3.8, 4) is 18.2 Å². The van der Waals surface area contributed by atoms with Gasteiger partial charge in [-0.3, -0.25) is 5.41 Å². The van der Waals surface area contributed by atoms with Crippen molar-refractivity contribution in [2.75, 3.05) is 0 Å². The zero-order chi connectivity index (χ0) is 18.3. The summed E-state index contributed by atoms with van der Waals surface area (Å²) in [5, 5.41) is 38.3. The van der Waals surface area contributed by atoms with E-state index in [9.17, 15) is 15.8 Å². The molecule has 25 heavy (non-hydrogen) atoms. The zero-order valence-corrected chi connectivity index (χ0v) is 14.1. The van der Waals surface area contributed by atoms with Gasteiger partial charge in [0.15, 0.2) is 10.8 Å². The molecule has 6 heteroatoms. The second-order valence-corrected chi connectivity index (χ2v) is 6.39. The van der Waals surface area contributed by atoms with Crippen LogP contribution in [0.25, 0.3) is 0 Å². The van der Waals surface area contributed by atoms with Gasteiger partial charge in [-0.15, -0.1) is 0 Å². The molecule has 4 unspecified atom stereocenters. The molecule has 0 radical (unpaired) electrons. The lowest BCUT2D eigenvalue weighted by atomic mass is 9.53. The Morgan fingerprint density at radius 1 is 1.04 bits per heavy atom. The van der Waals surface area contributed by atoms with E-state index < -0.39 is 28.6 Å². The minimum Gasteiger partial charge on any atom is -0.443 e. The molecule has 0 amide bonds. The molecule has 126 valence electrons. The molecule has 1 N–H and O–H groups in total. The van der Waals surface area contributed by atoms with E-state index in [0.717, 1.165) is 0 Å². The standard InChI is InChI=1S/C19H18N4O2/c1-3-14-18(12-22)16(23)25-19(14,13-8-6-5-7-9-13)24-15(4-2)17(18,10-20)11-21/h5-9,14-15,23H,3-4H2,1-2H3. The molecule has 0 spiro atoms. The van der Waals surface area contributed by atoms with Gasteiger partial charge >= 0.3 is 0 Å². The predicted molar refractivity (Wildman–Crippen MR) is 87.6 cm³/mol. The fourth-order valence-electron chi connectivity index (χ4n) is 4.39. The molecule has 2 aliphatic rings. The smallest absolute Gasteiger partial charge is 0.244 e. The Morgan fingerprint density at radius 3 is 2.16 bits per heavy atom. The number of fused-ring (bicyclic) bond motifs is 2. The van der Waals surface area contributed by atoms with Crippen LogP contribution in [0.5, 0.6) is 0 Å². The molecule has 2 bridgehead atoms. The van der Waals surface area contributed by atoms with Crippen molar-refractivity contribution >= 4 is 5.90 Å². The van der Waals surface area contributed by atoms with Crippen LogP contribution in [-0.4, -0.2) is 12.0 Å². The summed E-state index contributed by atoms with van der Waals surface area (Å²) in [4.78, 5) is 0. The summed E-state index contributed by atoms with van der Waals surface area (Å²) in [5.74, 6) is -2.33. The monoisotopic (exact) mass is 334 g/mol. The number of nitrogens with zero attached hydrogens (tertiary/aromatic N) is 3. The summed E-state index contributed by atoms with van der Waals surface area (Å²) < 4.78 is 12.1. The van der Waals surface area contributed by atoms with Gasteiger partial charge in [-0.2, -0.15) is 15.8 Å². The number of nitrogens with one attached hydrogen (secondary N) is 1. The lowest BCUT2D eigenvalue weighted by Gasteiger charge is -2.49. The van der Waals surface area contributed by atoms with E-state index in [-0.39, 0.29) is 5.90 Å². The summed E-state index contributed by atoms with van der Waals surface area (Å²) in [6, 6.07) is 15.3. The predicted octanol–water partition coefficient (Wildman–Crippen LogP) is 3.23. The highest BCUT2D eigenvalue weighted by Crippen LogP contribution is 2.66. The van der Waals surface area contributed by atoms with Crippen LogP contribution >= 0.6 is 0 Å². The summed E-state index contributed by atoms with van der Waals surface area (Å²) in [6.45, 7) is 3.65. The first kappa shape index (κ1) is 17.0. The van der Waals surface area contributed by atoms with E-state index in [1.165, 1.54) is 0 Å². The maximum Gasteiger partial charge on any atom is 0.244 e. The fourth-order valence-corrected chi connectivity index (χ4v) is 4.39. The van der Waals surface area contributed by atoms with Gasteiger partial charge in [0.05, 0.1) is 30.2 Å². The summed E-state index contributed by atoms with van der Waals surface area (Å²) in [5.41, 5.74) is -2.77. The maximum atomic E-state index is 10.1. The van der Waals surface area contributed by atoms with Crippen LogP contribution in [0.3, 0.4) is 0 Å². The van der Waals surface area contributed by atoms with Crippen LogP contribution in [0.4, 0.5) is 0 Å². The van der Waals surface area contributed by atoms with Crippen LogP contribution in [0.1, 0.15) is 32.3 Å². The highest BCUT2D eigenvalue weighted by atomic mass is 16.7. The van der Waals surface area contributed by atoms with Gasteiger partial charge in [-0.05, 0) is 12.8 Å². The summed E-state index contributed by atoms with van der Waals surface area (Å²) in [6.07, 6.45) is -0.0634. The Hall–Kier alpha value is -2.88. The van der Waals surface area contributed by atoms with Gasteiger partial charge in [0.25, 0.3) is 0 Å². The van der Waals surface area contributed by atoms with E-state index in [1.54, 1.807) is 6.92 Å². The summed E-state index contributed by atoms with van der Waals surface area (Å²) in [7, 11) is 0. The van der Waals surface area contributed by atoms with Crippen molar-refractivity contribution in [3.63, 3.8) is 0 Å². The number of nitriles is 3. The van der Waals surface area contributed by atoms with Gasteiger partial charge in [-0.1, -0.05) is 44.2 Å².